The smallest absolute Gasteiger partial charge is 0.247 e. The summed E-state index contributed by atoms with van der Waals surface area (Å²) in [5.41, 5.74) is 1.30. The maximum absolute atomic E-state index is 12.5. The van der Waals surface area contributed by atoms with Gasteiger partial charge in [0.1, 0.15) is 0 Å². The van der Waals surface area contributed by atoms with Crippen molar-refractivity contribution >= 4 is 46.4 Å². The molecular weight excluding hydrogens is 435 g/mol. The predicted molar refractivity (Wildman–Crippen MR) is 115 cm³/mol. The van der Waals surface area contributed by atoms with Crippen LogP contribution in [0.25, 0.3) is 11.5 Å². The van der Waals surface area contributed by atoms with Gasteiger partial charge in [-0.2, -0.15) is 0 Å². The van der Waals surface area contributed by atoms with E-state index in [0.717, 1.165) is 12.0 Å². The summed E-state index contributed by atoms with van der Waals surface area (Å²) in [6.07, 6.45) is 0.868. The zero-order chi connectivity index (χ0) is 20.8. The molecule has 1 amide bonds. The van der Waals surface area contributed by atoms with Crippen LogP contribution in [0.4, 0.5) is 5.69 Å². The molecule has 0 saturated heterocycles. The van der Waals surface area contributed by atoms with Gasteiger partial charge < -0.3 is 9.73 Å². The minimum Gasteiger partial charge on any atom is -0.419 e. The predicted octanol–water partition coefficient (Wildman–Crippen LogP) is 5.55. The van der Waals surface area contributed by atoms with Crippen LogP contribution >= 0.6 is 34.8 Å². The van der Waals surface area contributed by atoms with Gasteiger partial charge in [0.2, 0.25) is 17.7 Å². The van der Waals surface area contributed by atoms with Crippen molar-refractivity contribution in [3.05, 3.63) is 63.4 Å². The minimum absolute atomic E-state index is 0.158. The molecule has 0 atom stereocenters. The Hall–Kier alpha value is -2.12. The van der Waals surface area contributed by atoms with Crippen molar-refractivity contribution in [2.24, 2.45) is 0 Å². The van der Waals surface area contributed by atoms with E-state index in [-0.39, 0.29) is 12.5 Å². The highest BCUT2D eigenvalue weighted by Crippen LogP contribution is 2.25. The number of aromatic nitrogens is 2. The second-order valence-corrected chi connectivity index (χ2v) is 7.67. The summed E-state index contributed by atoms with van der Waals surface area (Å²) in [6, 6.07) is 12.1. The largest absolute Gasteiger partial charge is 0.419 e. The number of carbonyl (C=O) groups excluding carboxylic acids is 1. The van der Waals surface area contributed by atoms with Crippen LogP contribution in [0.2, 0.25) is 15.1 Å². The summed E-state index contributed by atoms with van der Waals surface area (Å²) >= 11 is 17.9. The number of nitrogens with one attached hydrogen (secondary N) is 1. The van der Waals surface area contributed by atoms with E-state index in [9.17, 15) is 4.79 Å². The normalized spacial score (nSPS) is 11.1. The molecule has 0 aliphatic rings. The first-order valence-corrected chi connectivity index (χ1v) is 10.1. The van der Waals surface area contributed by atoms with Crippen molar-refractivity contribution in [3.8, 4) is 11.5 Å². The maximum atomic E-state index is 12.5. The topological polar surface area (TPSA) is 71.3 Å². The fourth-order valence-electron chi connectivity index (χ4n) is 2.73. The third kappa shape index (κ3) is 6.18. The number of nitrogens with zero attached hydrogens (tertiary/aromatic N) is 3. The molecule has 9 heteroatoms. The third-order valence-corrected chi connectivity index (χ3v) is 4.83. The number of carbonyl (C=O) groups is 1. The van der Waals surface area contributed by atoms with Gasteiger partial charge in [0.05, 0.1) is 23.8 Å². The van der Waals surface area contributed by atoms with Gasteiger partial charge in [-0.3, -0.25) is 9.69 Å². The van der Waals surface area contributed by atoms with Gasteiger partial charge >= 0.3 is 0 Å². The molecule has 2 aromatic carbocycles. The van der Waals surface area contributed by atoms with Crippen LogP contribution in [0.1, 0.15) is 19.2 Å². The molecular formula is C20H19Cl3N4O2. The Bertz CT molecular complexity index is 976. The molecule has 152 valence electrons. The highest BCUT2D eigenvalue weighted by molar-refractivity contribution is 6.36. The molecule has 0 fully saturated rings. The summed E-state index contributed by atoms with van der Waals surface area (Å²) in [5.74, 6) is 0.645. The minimum atomic E-state index is -0.194. The molecule has 1 heterocycles. The molecule has 3 rings (SSSR count). The van der Waals surface area contributed by atoms with Crippen LogP contribution in [-0.2, 0) is 11.3 Å². The number of rotatable bonds is 8. The molecule has 0 unspecified atom stereocenters. The van der Waals surface area contributed by atoms with Crippen molar-refractivity contribution < 1.29 is 9.21 Å². The highest BCUT2D eigenvalue weighted by atomic mass is 35.5. The Balaban J connectivity index is 1.64. The molecule has 0 spiro atoms. The quantitative estimate of drug-likeness (QED) is 0.484. The summed E-state index contributed by atoms with van der Waals surface area (Å²) in [4.78, 5) is 14.4. The second-order valence-electron chi connectivity index (χ2n) is 6.39. The number of benzene rings is 2. The fourth-order valence-corrected chi connectivity index (χ4v) is 3.31. The van der Waals surface area contributed by atoms with E-state index in [1.807, 2.05) is 24.0 Å². The van der Waals surface area contributed by atoms with E-state index in [1.54, 1.807) is 30.3 Å². The Labute approximate surface area is 183 Å². The Morgan fingerprint density at radius 3 is 2.48 bits per heavy atom. The average Bonchev–Trinajstić information content (AvgIpc) is 3.13. The van der Waals surface area contributed by atoms with E-state index in [1.165, 1.54) is 0 Å². The van der Waals surface area contributed by atoms with E-state index < -0.39 is 0 Å². The van der Waals surface area contributed by atoms with Gasteiger partial charge in [-0.1, -0.05) is 41.7 Å². The van der Waals surface area contributed by atoms with Gasteiger partial charge in [0.25, 0.3) is 0 Å². The summed E-state index contributed by atoms with van der Waals surface area (Å²) in [5, 5.41) is 12.5. The van der Waals surface area contributed by atoms with Gasteiger partial charge in [-0.25, -0.2) is 0 Å². The van der Waals surface area contributed by atoms with Crippen LogP contribution in [0.3, 0.4) is 0 Å². The first-order valence-electron chi connectivity index (χ1n) is 9.00. The molecule has 0 bridgehead atoms. The average molecular weight is 454 g/mol. The first-order chi connectivity index (χ1) is 13.9. The lowest BCUT2D eigenvalue weighted by atomic mass is 10.2. The Morgan fingerprint density at radius 1 is 1.07 bits per heavy atom. The standard InChI is InChI=1S/C20H19Cl3N4O2/c1-2-9-27(11-18(28)24-17-8-7-15(22)10-16(17)23)12-19-25-26-20(29-19)13-3-5-14(21)6-4-13/h3-8,10H,2,9,11-12H2,1H3,(H,24,28). The van der Waals surface area contributed by atoms with Crippen molar-refractivity contribution in [2.45, 2.75) is 19.9 Å². The lowest BCUT2D eigenvalue weighted by Gasteiger charge is -2.19. The van der Waals surface area contributed by atoms with E-state index in [2.05, 4.69) is 15.5 Å². The maximum Gasteiger partial charge on any atom is 0.247 e. The zero-order valence-corrected chi connectivity index (χ0v) is 17.9. The molecule has 0 aliphatic carbocycles. The SMILES string of the molecule is CCCN(CC(=O)Nc1ccc(Cl)cc1Cl)Cc1nnc(-c2ccc(Cl)cc2)o1. The van der Waals surface area contributed by atoms with Crippen molar-refractivity contribution in [2.75, 3.05) is 18.4 Å². The van der Waals surface area contributed by atoms with Crippen LogP contribution in [0.5, 0.6) is 0 Å². The monoisotopic (exact) mass is 452 g/mol. The highest BCUT2D eigenvalue weighted by Gasteiger charge is 2.16. The number of anilines is 1. The number of hydrogen-bond acceptors (Lipinski definition) is 5. The van der Waals surface area contributed by atoms with E-state index in [4.69, 9.17) is 39.2 Å². The molecule has 3 aromatic rings. The van der Waals surface area contributed by atoms with Crippen molar-refractivity contribution in [1.29, 1.82) is 0 Å². The van der Waals surface area contributed by atoms with Gasteiger partial charge in [0, 0.05) is 15.6 Å². The van der Waals surface area contributed by atoms with Crippen LogP contribution in [0, 0.1) is 0 Å². The van der Waals surface area contributed by atoms with Crippen molar-refractivity contribution in [3.63, 3.8) is 0 Å². The zero-order valence-electron chi connectivity index (χ0n) is 15.7. The third-order valence-electron chi connectivity index (χ3n) is 4.03. The lowest BCUT2D eigenvalue weighted by Crippen LogP contribution is -2.33. The van der Waals surface area contributed by atoms with Gasteiger partial charge in [0.15, 0.2) is 0 Å². The molecule has 1 N–H and O–H groups in total. The van der Waals surface area contributed by atoms with Gasteiger partial charge in [-0.15, -0.1) is 10.2 Å². The number of halogens is 3. The fraction of sp³-hybridized carbons (Fsp3) is 0.250. The summed E-state index contributed by atoms with van der Waals surface area (Å²) in [7, 11) is 0. The van der Waals surface area contributed by atoms with Crippen LogP contribution in [-0.4, -0.2) is 34.1 Å². The number of hydrogen-bond donors (Lipinski definition) is 1. The van der Waals surface area contributed by atoms with E-state index in [0.29, 0.717) is 45.6 Å². The summed E-state index contributed by atoms with van der Waals surface area (Å²) in [6.45, 7) is 3.25. The molecule has 0 saturated carbocycles. The van der Waals surface area contributed by atoms with Crippen molar-refractivity contribution in [1.82, 2.24) is 15.1 Å². The second kappa shape index (κ2) is 10.1. The Morgan fingerprint density at radius 2 is 1.79 bits per heavy atom. The lowest BCUT2D eigenvalue weighted by molar-refractivity contribution is -0.117. The molecule has 29 heavy (non-hydrogen) atoms. The molecule has 0 radical (unpaired) electrons. The van der Waals surface area contributed by atoms with Crippen LogP contribution in [0.15, 0.2) is 46.9 Å². The van der Waals surface area contributed by atoms with E-state index >= 15 is 0 Å². The van der Waals surface area contributed by atoms with Gasteiger partial charge in [-0.05, 0) is 55.4 Å². The Kier molecular flexibility index (Phi) is 7.50. The molecule has 6 nitrogen and oxygen atoms in total. The first kappa shape index (κ1) is 21.6. The summed E-state index contributed by atoms with van der Waals surface area (Å²) < 4.78 is 5.74. The number of amides is 1. The van der Waals surface area contributed by atoms with Crippen LogP contribution < -0.4 is 5.32 Å². The molecule has 1 aromatic heterocycles. The molecule has 0 aliphatic heterocycles.